The van der Waals surface area contributed by atoms with E-state index in [0.717, 1.165) is 38.0 Å². The van der Waals surface area contributed by atoms with Gasteiger partial charge in [0, 0.05) is 12.3 Å². The molecule has 0 aliphatic heterocycles. The van der Waals surface area contributed by atoms with Crippen LogP contribution in [0.2, 0.25) is 0 Å². The van der Waals surface area contributed by atoms with Gasteiger partial charge in [-0.15, -0.1) is 11.6 Å². The Morgan fingerprint density at radius 1 is 0.833 bits per heavy atom. The molecule has 0 fully saturated rings. The lowest BCUT2D eigenvalue weighted by molar-refractivity contribution is -0.137. The molecule has 0 aromatic rings. The lowest BCUT2D eigenvalue weighted by Crippen LogP contribution is -1.93. The van der Waals surface area contributed by atoms with Crippen LogP contribution in [0.1, 0.15) is 70.6 Å². The van der Waals surface area contributed by atoms with Gasteiger partial charge in [-0.1, -0.05) is 37.8 Å². The van der Waals surface area contributed by atoms with Crippen LogP contribution in [0, 0.1) is 0 Å². The van der Waals surface area contributed by atoms with E-state index in [1.54, 1.807) is 0 Å². The van der Waals surface area contributed by atoms with E-state index >= 15 is 0 Å². The topological polar surface area (TPSA) is 37.3 Å². The summed E-state index contributed by atoms with van der Waals surface area (Å²) in [6, 6.07) is 0. The van der Waals surface area contributed by atoms with Crippen LogP contribution in [0.3, 0.4) is 0 Å². The van der Waals surface area contributed by atoms with Crippen LogP contribution in [0.4, 0.5) is 0 Å². The summed E-state index contributed by atoms with van der Waals surface area (Å²) in [4.78, 5) is 10.3. The minimum Gasteiger partial charge on any atom is -0.481 e. The number of unbranched alkanes of at least 4 members (excludes halogenated alkanes) is 8. The molecule has 0 aromatic carbocycles. The molecular formula is C15H27ClO2. The number of aliphatic carboxylic acids is 1. The number of hydrogen-bond acceptors (Lipinski definition) is 1. The summed E-state index contributed by atoms with van der Waals surface area (Å²) < 4.78 is 0. The van der Waals surface area contributed by atoms with Crippen molar-refractivity contribution in [3.63, 3.8) is 0 Å². The fourth-order valence-electron chi connectivity index (χ4n) is 1.84. The Balaban J connectivity index is 3.06. The van der Waals surface area contributed by atoms with Crippen molar-refractivity contribution in [2.75, 3.05) is 5.88 Å². The minimum absolute atomic E-state index is 0.322. The van der Waals surface area contributed by atoms with Gasteiger partial charge in [0.15, 0.2) is 0 Å². The third kappa shape index (κ3) is 15.5. The molecule has 0 radical (unpaired) electrons. The normalized spacial score (nSPS) is 11.2. The lowest BCUT2D eigenvalue weighted by Gasteiger charge is -1.98. The van der Waals surface area contributed by atoms with Crippen LogP contribution in [-0.2, 0) is 4.79 Å². The van der Waals surface area contributed by atoms with Gasteiger partial charge in [0.2, 0.25) is 0 Å². The fraction of sp³-hybridized carbons (Fsp3) is 0.800. The molecule has 3 heteroatoms. The summed E-state index contributed by atoms with van der Waals surface area (Å²) in [7, 11) is 0. The van der Waals surface area contributed by atoms with Crippen molar-refractivity contribution in [3.8, 4) is 0 Å². The van der Waals surface area contributed by atoms with E-state index < -0.39 is 5.97 Å². The summed E-state index contributed by atoms with van der Waals surface area (Å²) in [5.41, 5.74) is 0. The van der Waals surface area contributed by atoms with Gasteiger partial charge in [-0.3, -0.25) is 4.79 Å². The highest BCUT2D eigenvalue weighted by molar-refractivity contribution is 6.17. The van der Waals surface area contributed by atoms with E-state index in [9.17, 15) is 4.79 Å². The van der Waals surface area contributed by atoms with Crippen LogP contribution in [0.5, 0.6) is 0 Å². The van der Waals surface area contributed by atoms with Gasteiger partial charge in [0.1, 0.15) is 0 Å². The molecule has 0 aliphatic rings. The molecular weight excluding hydrogens is 248 g/mol. The van der Waals surface area contributed by atoms with E-state index in [1.807, 2.05) is 0 Å². The third-order valence-corrected chi connectivity index (χ3v) is 3.20. The Kier molecular flexibility index (Phi) is 14.2. The standard InChI is InChI=1S/C15H27ClO2/c16-14-12-10-8-6-4-2-1-3-5-7-9-11-13-15(17)18/h2,4H,1,3,5-14H2,(H,17,18). The molecule has 0 amide bonds. The maximum absolute atomic E-state index is 10.3. The highest BCUT2D eigenvalue weighted by Gasteiger charge is 1.95. The lowest BCUT2D eigenvalue weighted by atomic mass is 10.1. The Morgan fingerprint density at radius 2 is 1.33 bits per heavy atom. The summed E-state index contributed by atoms with van der Waals surface area (Å²) in [6.07, 6.45) is 16.3. The zero-order valence-corrected chi connectivity index (χ0v) is 12.1. The van der Waals surface area contributed by atoms with E-state index in [2.05, 4.69) is 12.2 Å². The third-order valence-electron chi connectivity index (χ3n) is 2.93. The van der Waals surface area contributed by atoms with Gasteiger partial charge in [0.25, 0.3) is 0 Å². The summed E-state index contributed by atoms with van der Waals surface area (Å²) >= 11 is 5.60. The average Bonchev–Trinajstić information content (AvgIpc) is 2.34. The van der Waals surface area contributed by atoms with Gasteiger partial charge in [0.05, 0.1) is 0 Å². The summed E-state index contributed by atoms with van der Waals surface area (Å²) in [6.45, 7) is 0. The predicted molar refractivity (Wildman–Crippen MR) is 78.3 cm³/mol. The van der Waals surface area contributed by atoms with Crippen molar-refractivity contribution < 1.29 is 9.90 Å². The van der Waals surface area contributed by atoms with E-state index in [0.29, 0.717) is 6.42 Å². The molecule has 0 aromatic heterocycles. The molecule has 18 heavy (non-hydrogen) atoms. The number of rotatable bonds is 13. The van der Waals surface area contributed by atoms with Crippen LogP contribution >= 0.6 is 11.6 Å². The first-order valence-electron chi connectivity index (χ1n) is 7.20. The highest BCUT2D eigenvalue weighted by Crippen LogP contribution is 2.08. The monoisotopic (exact) mass is 274 g/mol. The summed E-state index contributed by atoms with van der Waals surface area (Å²) in [5.74, 6) is 0.109. The van der Waals surface area contributed by atoms with Gasteiger partial charge >= 0.3 is 5.97 Å². The van der Waals surface area contributed by atoms with Crippen LogP contribution in [0.25, 0.3) is 0 Å². The molecule has 0 saturated carbocycles. The van der Waals surface area contributed by atoms with Gasteiger partial charge < -0.3 is 5.11 Å². The number of allylic oxidation sites excluding steroid dienone is 2. The Hall–Kier alpha value is -0.500. The Morgan fingerprint density at radius 3 is 1.89 bits per heavy atom. The Bertz CT molecular complexity index is 215. The number of carboxylic acid groups (broad SMARTS) is 1. The molecule has 0 spiro atoms. The number of carbonyl (C=O) groups is 1. The minimum atomic E-state index is -0.674. The Labute approximate surface area is 116 Å². The smallest absolute Gasteiger partial charge is 0.303 e. The molecule has 0 bridgehead atoms. The van der Waals surface area contributed by atoms with Crippen molar-refractivity contribution in [1.82, 2.24) is 0 Å². The van der Waals surface area contributed by atoms with Crippen molar-refractivity contribution in [2.24, 2.45) is 0 Å². The van der Waals surface area contributed by atoms with Gasteiger partial charge in [-0.2, -0.15) is 0 Å². The predicted octanol–water partition coefficient (Wildman–Crippen LogP) is 5.16. The molecule has 1 N–H and O–H groups in total. The quantitative estimate of drug-likeness (QED) is 0.286. The van der Waals surface area contributed by atoms with Gasteiger partial charge in [-0.05, 0) is 38.5 Å². The molecule has 0 atom stereocenters. The number of carboxylic acids is 1. The van der Waals surface area contributed by atoms with Crippen LogP contribution < -0.4 is 0 Å². The van der Waals surface area contributed by atoms with Crippen molar-refractivity contribution >= 4 is 17.6 Å². The van der Waals surface area contributed by atoms with Gasteiger partial charge in [-0.25, -0.2) is 0 Å². The molecule has 0 heterocycles. The number of hydrogen-bond donors (Lipinski definition) is 1. The first kappa shape index (κ1) is 17.5. The van der Waals surface area contributed by atoms with Crippen molar-refractivity contribution in [2.45, 2.75) is 70.6 Å². The molecule has 0 unspecified atom stereocenters. The number of halogens is 1. The first-order valence-corrected chi connectivity index (χ1v) is 7.73. The second-order valence-electron chi connectivity index (χ2n) is 4.71. The maximum Gasteiger partial charge on any atom is 0.303 e. The first-order chi connectivity index (χ1) is 8.77. The zero-order chi connectivity index (χ0) is 13.5. The van der Waals surface area contributed by atoms with E-state index in [-0.39, 0.29) is 0 Å². The molecule has 0 aliphatic carbocycles. The maximum atomic E-state index is 10.3. The van der Waals surface area contributed by atoms with Crippen molar-refractivity contribution in [3.05, 3.63) is 12.2 Å². The summed E-state index contributed by atoms with van der Waals surface area (Å²) in [5, 5.41) is 8.47. The average molecular weight is 275 g/mol. The molecule has 2 nitrogen and oxygen atoms in total. The van der Waals surface area contributed by atoms with Crippen LogP contribution in [0.15, 0.2) is 12.2 Å². The zero-order valence-electron chi connectivity index (χ0n) is 11.4. The largest absolute Gasteiger partial charge is 0.481 e. The second-order valence-corrected chi connectivity index (χ2v) is 5.09. The SMILES string of the molecule is O=C(O)CCCCCCCC=CCCCCCCl. The van der Waals surface area contributed by atoms with E-state index in [1.165, 1.54) is 32.1 Å². The fourth-order valence-corrected chi connectivity index (χ4v) is 2.03. The molecule has 0 saturated heterocycles. The highest BCUT2D eigenvalue weighted by atomic mass is 35.5. The number of alkyl halides is 1. The van der Waals surface area contributed by atoms with E-state index in [4.69, 9.17) is 16.7 Å². The van der Waals surface area contributed by atoms with Crippen LogP contribution in [-0.4, -0.2) is 17.0 Å². The molecule has 0 rings (SSSR count). The van der Waals surface area contributed by atoms with Crippen molar-refractivity contribution in [1.29, 1.82) is 0 Å². The molecule has 106 valence electrons. The second kappa shape index (κ2) is 14.6.